The first-order chi connectivity index (χ1) is 17.8. The fourth-order valence-electron chi connectivity index (χ4n) is 5.20. The van der Waals surface area contributed by atoms with Crippen molar-refractivity contribution in [2.24, 2.45) is 11.8 Å². The van der Waals surface area contributed by atoms with E-state index in [2.05, 4.69) is 29.4 Å². The molecular formula is C31H50N4O3. The van der Waals surface area contributed by atoms with Gasteiger partial charge in [0.05, 0.1) is 18.1 Å². The molecular weight excluding hydrogens is 476 g/mol. The van der Waals surface area contributed by atoms with Crippen molar-refractivity contribution in [1.82, 2.24) is 20.4 Å². The monoisotopic (exact) mass is 526 g/mol. The van der Waals surface area contributed by atoms with Crippen molar-refractivity contribution >= 4 is 17.7 Å². The largest absolute Gasteiger partial charge is 0.346 e. The van der Waals surface area contributed by atoms with Gasteiger partial charge in [0.15, 0.2) is 0 Å². The minimum atomic E-state index is -0.634. The molecule has 1 fully saturated rings. The number of carbonyl (C=O) groups is 3. The summed E-state index contributed by atoms with van der Waals surface area (Å²) in [6, 6.07) is 8.84. The summed E-state index contributed by atoms with van der Waals surface area (Å²) in [5, 5.41) is 6.15. The zero-order valence-corrected chi connectivity index (χ0v) is 25.0. The molecule has 1 heterocycles. The summed E-state index contributed by atoms with van der Waals surface area (Å²) in [4.78, 5) is 44.0. The van der Waals surface area contributed by atoms with E-state index < -0.39 is 6.04 Å². The Kier molecular flexibility index (Phi) is 12.0. The summed E-state index contributed by atoms with van der Waals surface area (Å²) >= 11 is 0. The van der Waals surface area contributed by atoms with Crippen LogP contribution >= 0.6 is 0 Å². The Morgan fingerprint density at radius 1 is 0.947 bits per heavy atom. The summed E-state index contributed by atoms with van der Waals surface area (Å²) in [7, 11) is 1.77. The third kappa shape index (κ3) is 8.42. The standard InChI is InChI=1S/C31H50N4O3/c1-20(2)27(19-23(7)29(36)32-24(8)25-15-11-10-12-16-25)34(9)31(38)28(21(3)4)33-30(37)26-17-13-14-18-35(26)22(5)6/h10-12,15-16,19-22,24,26-28H,13-14,17-18H2,1-9H3,(H,32,36)(H,33,37)/b23-19+/t24?,26?,27-,28?/m1/s1. The predicted molar refractivity (Wildman–Crippen MR) is 154 cm³/mol. The van der Waals surface area contributed by atoms with Crippen LogP contribution in [0.15, 0.2) is 42.0 Å². The van der Waals surface area contributed by atoms with Gasteiger partial charge in [0.2, 0.25) is 17.7 Å². The van der Waals surface area contributed by atoms with Crippen LogP contribution in [0.25, 0.3) is 0 Å². The van der Waals surface area contributed by atoms with Crippen LogP contribution in [0, 0.1) is 11.8 Å². The Bertz CT molecular complexity index is 957. The highest BCUT2D eigenvalue weighted by molar-refractivity contribution is 5.93. The van der Waals surface area contributed by atoms with E-state index in [-0.39, 0.29) is 53.7 Å². The normalized spacial score (nSPS) is 19.3. The van der Waals surface area contributed by atoms with E-state index in [1.807, 2.05) is 71.0 Å². The number of likely N-dealkylation sites (tertiary alicyclic amines) is 1. The van der Waals surface area contributed by atoms with Crippen LogP contribution in [-0.2, 0) is 14.4 Å². The van der Waals surface area contributed by atoms with E-state index in [1.165, 1.54) is 0 Å². The highest BCUT2D eigenvalue weighted by Gasteiger charge is 2.36. The molecule has 3 unspecified atom stereocenters. The highest BCUT2D eigenvalue weighted by atomic mass is 16.2. The number of likely N-dealkylation sites (N-methyl/N-ethyl adjacent to an activating group) is 1. The van der Waals surface area contributed by atoms with Gasteiger partial charge in [-0.05, 0) is 64.5 Å². The van der Waals surface area contributed by atoms with Crippen molar-refractivity contribution in [2.45, 2.75) is 105 Å². The van der Waals surface area contributed by atoms with Gasteiger partial charge in [-0.2, -0.15) is 0 Å². The molecule has 1 aromatic carbocycles. The lowest BCUT2D eigenvalue weighted by molar-refractivity contribution is -0.140. The molecule has 1 aliphatic rings. The number of hydrogen-bond acceptors (Lipinski definition) is 4. The number of amides is 3. The van der Waals surface area contributed by atoms with E-state index in [0.29, 0.717) is 5.57 Å². The van der Waals surface area contributed by atoms with Crippen LogP contribution in [-0.4, -0.2) is 65.3 Å². The van der Waals surface area contributed by atoms with Crippen LogP contribution in [0.5, 0.6) is 0 Å². The molecule has 1 aromatic rings. The third-order valence-corrected chi connectivity index (χ3v) is 7.64. The number of hydrogen-bond donors (Lipinski definition) is 2. The molecule has 7 nitrogen and oxygen atoms in total. The lowest BCUT2D eigenvalue weighted by Gasteiger charge is -2.39. The van der Waals surface area contributed by atoms with Crippen LogP contribution < -0.4 is 10.6 Å². The fraction of sp³-hybridized carbons (Fsp3) is 0.645. The van der Waals surface area contributed by atoms with Gasteiger partial charge in [-0.1, -0.05) is 70.5 Å². The molecule has 0 radical (unpaired) electrons. The van der Waals surface area contributed by atoms with Crippen LogP contribution in [0.4, 0.5) is 0 Å². The summed E-state index contributed by atoms with van der Waals surface area (Å²) in [6.45, 7) is 16.9. The minimum Gasteiger partial charge on any atom is -0.346 e. The van der Waals surface area contributed by atoms with Crippen molar-refractivity contribution in [3.8, 4) is 0 Å². The van der Waals surface area contributed by atoms with E-state index in [4.69, 9.17) is 0 Å². The maximum Gasteiger partial charge on any atom is 0.247 e. The smallest absolute Gasteiger partial charge is 0.247 e. The van der Waals surface area contributed by atoms with Gasteiger partial charge in [-0.15, -0.1) is 0 Å². The summed E-state index contributed by atoms with van der Waals surface area (Å²) in [5.74, 6) is -0.357. The van der Waals surface area contributed by atoms with E-state index in [9.17, 15) is 14.4 Å². The fourth-order valence-corrected chi connectivity index (χ4v) is 5.20. The molecule has 1 aliphatic heterocycles. The zero-order chi connectivity index (χ0) is 28.6. The topological polar surface area (TPSA) is 81.8 Å². The predicted octanol–water partition coefficient (Wildman–Crippen LogP) is 4.70. The second kappa shape index (κ2) is 14.5. The molecule has 0 aromatic heterocycles. The molecule has 0 spiro atoms. The number of nitrogens with one attached hydrogen (secondary N) is 2. The van der Waals surface area contributed by atoms with E-state index in [0.717, 1.165) is 31.4 Å². The SMILES string of the molecule is C/C(=C\[C@H](C(C)C)N(C)C(=O)C(NC(=O)C1CCCCN1C(C)C)C(C)C)C(=O)NC(C)c1ccccc1. The van der Waals surface area contributed by atoms with Gasteiger partial charge in [-0.3, -0.25) is 19.3 Å². The zero-order valence-electron chi connectivity index (χ0n) is 25.0. The quantitative estimate of drug-likeness (QED) is 0.410. The second-order valence-electron chi connectivity index (χ2n) is 11.7. The van der Waals surface area contributed by atoms with Crippen LogP contribution in [0.3, 0.4) is 0 Å². The number of benzene rings is 1. The maximum absolute atomic E-state index is 13.7. The Labute approximate surface area is 230 Å². The first kappa shape index (κ1) is 31.5. The minimum absolute atomic E-state index is 0.0686. The molecule has 4 atom stereocenters. The van der Waals surface area contributed by atoms with Gasteiger partial charge in [0.1, 0.15) is 6.04 Å². The van der Waals surface area contributed by atoms with Gasteiger partial charge in [-0.25, -0.2) is 0 Å². The summed E-state index contributed by atoms with van der Waals surface area (Å²) in [5.41, 5.74) is 1.59. The Morgan fingerprint density at radius 2 is 1.58 bits per heavy atom. The number of carbonyl (C=O) groups excluding carboxylic acids is 3. The average Bonchev–Trinajstić information content (AvgIpc) is 2.89. The molecule has 0 bridgehead atoms. The Morgan fingerprint density at radius 3 is 2.13 bits per heavy atom. The summed E-state index contributed by atoms with van der Waals surface area (Å²) in [6.07, 6.45) is 4.80. The average molecular weight is 527 g/mol. The Hall–Kier alpha value is -2.67. The Balaban J connectivity index is 2.16. The van der Waals surface area contributed by atoms with Crippen molar-refractivity contribution in [1.29, 1.82) is 0 Å². The molecule has 38 heavy (non-hydrogen) atoms. The van der Waals surface area contributed by atoms with Crippen LogP contribution in [0.1, 0.15) is 86.3 Å². The molecule has 0 saturated carbocycles. The molecule has 2 rings (SSSR count). The third-order valence-electron chi connectivity index (χ3n) is 7.64. The molecule has 0 aliphatic carbocycles. The maximum atomic E-state index is 13.7. The van der Waals surface area contributed by atoms with Crippen molar-refractivity contribution in [2.75, 3.05) is 13.6 Å². The highest BCUT2D eigenvalue weighted by Crippen LogP contribution is 2.22. The van der Waals surface area contributed by atoms with Crippen molar-refractivity contribution in [3.05, 3.63) is 47.5 Å². The second-order valence-corrected chi connectivity index (χ2v) is 11.7. The van der Waals surface area contributed by atoms with Crippen LogP contribution in [0.2, 0.25) is 0 Å². The number of rotatable bonds is 11. The summed E-state index contributed by atoms with van der Waals surface area (Å²) < 4.78 is 0. The van der Waals surface area contributed by atoms with Crippen molar-refractivity contribution in [3.63, 3.8) is 0 Å². The first-order valence-electron chi connectivity index (χ1n) is 14.2. The molecule has 1 saturated heterocycles. The first-order valence-corrected chi connectivity index (χ1v) is 14.2. The van der Waals surface area contributed by atoms with Gasteiger partial charge >= 0.3 is 0 Å². The lowest BCUT2D eigenvalue weighted by atomic mass is 9.95. The molecule has 3 amide bonds. The molecule has 212 valence electrons. The van der Waals surface area contributed by atoms with Gasteiger partial charge < -0.3 is 15.5 Å². The van der Waals surface area contributed by atoms with Gasteiger partial charge in [0, 0.05) is 18.7 Å². The number of nitrogens with zero attached hydrogens (tertiary/aromatic N) is 2. The molecule has 2 N–H and O–H groups in total. The van der Waals surface area contributed by atoms with E-state index in [1.54, 1.807) is 18.9 Å². The van der Waals surface area contributed by atoms with Gasteiger partial charge in [0.25, 0.3) is 0 Å². The molecule has 7 heteroatoms. The number of piperidine rings is 1. The van der Waals surface area contributed by atoms with Crippen molar-refractivity contribution < 1.29 is 14.4 Å². The van der Waals surface area contributed by atoms with E-state index >= 15 is 0 Å². The lowest BCUT2D eigenvalue weighted by Crippen LogP contribution is -2.58.